The molecule has 0 N–H and O–H groups in total. The lowest BCUT2D eigenvalue weighted by Crippen LogP contribution is -2.31. The maximum absolute atomic E-state index is 12.4. The molecule has 0 atom stereocenters. The summed E-state index contributed by atoms with van der Waals surface area (Å²) in [5.74, 6) is -1.91. The summed E-state index contributed by atoms with van der Waals surface area (Å²) in [6.45, 7) is 5.49. The fourth-order valence-electron chi connectivity index (χ4n) is 1.25. The van der Waals surface area contributed by atoms with Crippen molar-refractivity contribution in [3.63, 3.8) is 0 Å². The smallest absolute Gasteiger partial charge is 0.455 e. The molecule has 18 heavy (non-hydrogen) atoms. The van der Waals surface area contributed by atoms with E-state index in [1.165, 1.54) is 12.1 Å². The average molecular weight is 341 g/mol. The van der Waals surface area contributed by atoms with Crippen LogP contribution in [0.3, 0.4) is 0 Å². The average Bonchev–Trinajstić information content (AvgIpc) is 2.12. The molecule has 7 heteroatoms. The molecular weight excluding hydrogens is 329 g/mol. The van der Waals surface area contributed by atoms with Gasteiger partial charge < -0.3 is 4.43 Å². The monoisotopic (exact) mass is 340 g/mol. The van der Waals surface area contributed by atoms with Crippen molar-refractivity contribution >= 4 is 30.0 Å². The van der Waals surface area contributed by atoms with Gasteiger partial charge in [0, 0.05) is 4.47 Å². The number of ketones is 1. The molecule has 0 aliphatic heterocycles. The first-order chi connectivity index (χ1) is 8.00. The Morgan fingerprint density at radius 3 is 2.28 bits per heavy atom. The van der Waals surface area contributed by atoms with E-state index < -0.39 is 25.8 Å². The molecule has 0 amide bonds. The first kappa shape index (κ1) is 15.2. The zero-order valence-corrected chi connectivity index (χ0v) is 12.6. The van der Waals surface area contributed by atoms with Gasteiger partial charge in [0.05, 0.1) is 5.56 Å². The van der Waals surface area contributed by atoms with E-state index in [1.807, 2.05) is 19.6 Å². The van der Waals surface area contributed by atoms with Crippen LogP contribution < -0.4 is 4.43 Å². The minimum Gasteiger partial charge on any atom is -0.544 e. The van der Waals surface area contributed by atoms with E-state index in [0.29, 0.717) is 4.47 Å². The Labute approximate surface area is 112 Å². The van der Waals surface area contributed by atoms with E-state index in [9.17, 15) is 18.0 Å². The Balaban J connectivity index is 3.24. The summed E-state index contributed by atoms with van der Waals surface area (Å²) in [5.41, 5.74) is -0.451. The molecule has 0 saturated carbocycles. The van der Waals surface area contributed by atoms with Crippen LogP contribution in [0.1, 0.15) is 10.4 Å². The third kappa shape index (κ3) is 4.13. The molecule has 1 aromatic carbocycles. The maximum atomic E-state index is 12.4. The number of benzene rings is 1. The first-order valence-electron chi connectivity index (χ1n) is 5.11. The van der Waals surface area contributed by atoms with Crippen molar-refractivity contribution < 1.29 is 22.4 Å². The molecule has 0 heterocycles. The summed E-state index contributed by atoms with van der Waals surface area (Å²) < 4.78 is 43.4. The lowest BCUT2D eigenvalue weighted by molar-refractivity contribution is -0.0886. The highest BCUT2D eigenvalue weighted by Crippen LogP contribution is 2.31. The topological polar surface area (TPSA) is 26.3 Å². The zero-order valence-electron chi connectivity index (χ0n) is 10.1. The minimum absolute atomic E-state index is 0.0223. The highest BCUT2D eigenvalue weighted by molar-refractivity contribution is 9.10. The highest BCUT2D eigenvalue weighted by atomic mass is 79.9. The summed E-state index contributed by atoms with van der Waals surface area (Å²) in [5, 5.41) is 0. The van der Waals surface area contributed by atoms with Gasteiger partial charge in [0.2, 0.25) is 8.32 Å². The van der Waals surface area contributed by atoms with Crippen LogP contribution >= 0.6 is 15.9 Å². The second-order valence-corrected chi connectivity index (χ2v) is 10.0. The van der Waals surface area contributed by atoms with Crippen LogP contribution in [0.25, 0.3) is 0 Å². The standard InChI is InChI=1S/C11H12BrF3O2Si/c1-18(2,3)17-9-6-7(12)4-5-8(9)10(16)11(13,14)15/h4-6H,1-3H3. The number of hydrogen-bond acceptors (Lipinski definition) is 2. The van der Waals surface area contributed by atoms with Gasteiger partial charge in [-0.25, -0.2) is 0 Å². The number of Topliss-reactive ketones (excluding diaryl/α,β-unsaturated/α-hetero) is 1. The van der Waals surface area contributed by atoms with Crippen molar-refractivity contribution in [2.24, 2.45) is 0 Å². The van der Waals surface area contributed by atoms with Crippen LogP contribution in [-0.4, -0.2) is 20.3 Å². The molecule has 0 radical (unpaired) electrons. The molecule has 0 aliphatic rings. The second-order valence-electron chi connectivity index (χ2n) is 4.68. The third-order valence-electron chi connectivity index (χ3n) is 1.86. The molecule has 0 bridgehead atoms. The number of carbonyl (C=O) groups excluding carboxylic acids is 1. The Bertz CT molecular complexity index is 466. The number of carbonyl (C=O) groups is 1. The summed E-state index contributed by atoms with van der Waals surface area (Å²) in [7, 11) is -2.10. The lowest BCUT2D eigenvalue weighted by atomic mass is 10.1. The molecule has 100 valence electrons. The summed E-state index contributed by atoms with van der Waals surface area (Å²) in [4.78, 5) is 11.3. The summed E-state index contributed by atoms with van der Waals surface area (Å²) >= 11 is 3.15. The third-order valence-corrected chi connectivity index (χ3v) is 3.19. The normalized spacial score (nSPS) is 12.4. The molecule has 0 aliphatic carbocycles. The summed E-state index contributed by atoms with van der Waals surface area (Å²) in [6.07, 6.45) is -4.90. The maximum Gasteiger partial charge on any atom is 0.455 e. The van der Waals surface area contributed by atoms with Crippen LogP contribution in [0.4, 0.5) is 13.2 Å². The van der Waals surface area contributed by atoms with Gasteiger partial charge in [-0.1, -0.05) is 15.9 Å². The molecule has 1 rings (SSSR count). The molecule has 2 nitrogen and oxygen atoms in total. The van der Waals surface area contributed by atoms with Gasteiger partial charge in [-0.15, -0.1) is 0 Å². The van der Waals surface area contributed by atoms with E-state index in [0.717, 1.165) is 6.07 Å². The van der Waals surface area contributed by atoms with E-state index in [4.69, 9.17) is 4.43 Å². The number of rotatable bonds is 3. The van der Waals surface area contributed by atoms with Gasteiger partial charge >= 0.3 is 6.18 Å². The quantitative estimate of drug-likeness (QED) is 0.601. The van der Waals surface area contributed by atoms with E-state index in [1.54, 1.807) is 0 Å². The van der Waals surface area contributed by atoms with Crippen LogP contribution in [-0.2, 0) is 0 Å². The van der Waals surface area contributed by atoms with Gasteiger partial charge in [0.1, 0.15) is 5.75 Å². The Hall–Kier alpha value is -0.823. The van der Waals surface area contributed by atoms with Crippen LogP contribution in [0, 0.1) is 0 Å². The fourth-order valence-corrected chi connectivity index (χ4v) is 2.42. The fraction of sp³-hybridized carbons (Fsp3) is 0.364. The van der Waals surface area contributed by atoms with Crippen LogP contribution in [0.15, 0.2) is 22.7 Å². The molecule has 0 saturated heterocycles. The zero-order chi connectivity index (χ0) is 14.1. The molecule has 0 unspecified atom stereocenters. The van der Waals surface area contributed by atoms with Gasteiger partial charge in [0.15, 0.2) is 0 Å². The number of halogens is 4. The summed E-state index contributed by atoms with van der Waals surface area (Å²) in [6, 6.07) is 3.89. The molecular formula is C11H12BrF3O2Si. The van der Waals surface area contributed by atoms with Crippen molar-refractivity contribution in [3.05, 3.63) is 28.2 Å². The van der Waals surface area contributed by atoms with Gasteiger partial charge in [0.25, 0.3) is 5.78 Å². The largest absolute Gasteiger partial charge is 0.544 e. The highest BCUT2D eigenvalue weighted by Gasteiger charge is 2.41. The molecule has 0 aromatic heterocycles. The minimum atomic E-state index is -4.90. The van der Waals surface area contributed by atoms with Crippen molar-refractivity contribution in [2.45, 2.75) is 25.8 Å². The molecule has 0 fully saturated rings. The molecule has 0 spiro atoms. The predicted molar refractivity (Wildman–Crippen MR) is 68.5 cm³/mol. The van der Waals surface area contributed by atoms with Crippen LogP contribution in [0.2, 0.25) is 19.6 Å². The second kappa shape index (κ2) is 5.04. The predicted octanol–water partition coefficient (Wildman–Crippen LogP) is 4.41. The van der Waals surface area contributed by atoms with Gasteiger partial charge in [-0.2, -0.15) is 13.2 Å². The Kier molecular flexibility index (Phi) is 4.27. The van der Waals surface area contributed by atoms with Gasteiger partial charge in [-0.3, -0.25) is 4.79 Å². The SMILES string of the molecule is C[Si](C)(C)Oc1cc(Br)ccc1C(=O)C(F)(F)F. The van der Waals surface area contributed by atoms with E-state index >= 15 is 0 Å². The van der Waals surface area contributed by atoms with Crippen LogP contribution in [0.5, 0.6) is 5.75 Å². The lowest BCUT2D eigenvalue weighted by Gasteiger charge is -2.21. The van der Waals surface area contributed by atoms with E-state index in [-0.39, 0.29) is 5.75 Å². The number of alkyl halides is 3. The van der Waals surface area contributed by atoms with Crippen molar-refractivity contribution in [3.8, 4) is 5.75 Å². The van der Waals surface area contributed by atoms with Crippen molar-refractivity contribution in [1.82, 2.24) is 0 Å². The first-order valence-corrected chi connectivity index (χ1v) is 9.31. The van der Waals surface area contributed by atoms with Gasteiger partial charge in [-0.05, 0) is 37.8 Å². The molecule has 1 aromatic rings. The number of hydrogen-bond donors (Lipinski definition) is 0. The van der Waals surface area contributed by atoms with Crippen molar-refractivity contribution in [2.75, 3.05) is 0 Å². The Morgan fingerprint density at radius 1 is 1.28 bits per heavy atom. The Morgan fingerprint density at radius 2 is 1.83 bits per heavy atom. The van der Waals surface area contributed by atoms with E-state index in [2.05, 4.69) is 15.9 Å². The van der Waals surface area contributed by atoms with Crippen molar-refractivity contribution in [1.29, 1.82) is 0 Å².